The Labute approximate surface area is 228 Å². The van der Waals surface area contributed by atoms with Gasteiger partial charge in [-0.1, -0.05) is 6.08 Å². The summed E-state index contributed by atoms with van der Waals surface area (Å²) in [5.41, 5.74) is 2.56. The number of hydrazone groups is 1. The van der Waals surface area contributed by atoms with E-state index in [1.54, 1.807) is 28.8 Å². The quantitative estimate of drug-likeness (QED) is 0.112. The minimum absolute atomic E-state index is 0.0898. The Balaban J connectivity index is 1.74. The van der Waals surface area contributed by atoms with Crippen molar-refractivity contribution in [2.45, 2.75) is 33.4 Å². The van der Waals surface area contributed by atoms with Crippen LogP contribution in [0.15, 0.2) is 64.7 Å². The highest BCUT2D eigenvalue weighted by atomic mass is 16.1. The van der Waals surface area contributed by atoms with Crippen LogP contribution in [0.4, 0.5) is 17.3 Å². The molecule has 2 aromatic heterocycles. The van der Waals surface area contributed by atoms with E-state index in [9.17, 15) is 9.59 Å². The van der Waals surface area contributed by atoms with Gasteiger partial charge in [0.15, 0.2) is 11.5 Å². The fourth-order valence-electron chi connectivity index (χ4n) is 4.21. The maximum atomic E-state index is 13.3. The molecule has 1 fully saturated rings. The number of nitrogens with one attached hydrogen (secondary N) is 1. The molecular formula is C28H37N9O2. The van der Waals surface area contributed by atoms with Crippen LogP contribution in [0.3, 0.4) is 0 Å². The number of aromatic nitrogens is 4. The standard InChI is InChI=1S/C28H37N9O2/c1-7-12-36-27(39)24-18-29-28(30-22-8-10-23(11-9-22)35-15-13-33(5)14-16-35)31-26(24)37(36)25(17-21(4)19-38)32-34(6)20(2)3/h7-11,17-20H,1,12-16H2,2-6H3,(H,29,30,31)/b21-17-,32-25+. The number of allylic oxidation sites excluding steroid dienone is 3. The van der Waals surface area contributed by atoms with Gasteiger partial charge in [0, 0.05) is 56.8 Å². The molecule has 0 spiro atoms. The number of aldehydes is 1. The summed E-state index contributed by atoms with van der Waals surface area (Å²) < 4.78 is 3.11. The molecule has 1 aromatic carbocycles. The number of piperazine rings is 1. The highest BCUT2D eigenvalue weighted by molar-refractivity contribution is 6.02. The molecular weight excluding hydrogens is 494 g/mol. The van der Waals surface area contributed by atoms with Crippen molar-refractivity contribution in [2.75, 3.05) is 50.5 Å². The molecule has 39 heavy (non-hydrogen) atoms. The van der Waals surface area contributed by atoms with Crippen LogP contribution in [0.1, 0.15) is 20.8 Å². The van der Waals surface area contributed by atoms with E-state index in [0.29, 0.717) is 28.4 Å². The zero-order valence-electron chi connectivity index (χ0n) is 23.3. The molecule has 0 saturated carbocycles. The number of carbonyl (C=O) groups is 1. The minimum atomic E-state index is -0.273. The fraction of sp³-hybridized carbons (Fsp3) is 0.393. The van der Waals surface area contributed by atoms with E-state index in [2.05, 4.69) is 45.9 Å². The number of rotatable bonds is 9. The third-order valence-electron chi connectivity index (χ3n) is 6.74. The molecule has 0 radical (unpaired) electrons. The summed E-state index contributed by atoms with van der Waals surface area (Å²) in [7, 11) is 3.98. The predicted molar refractivity (Wildman–Crippen MR) is 157 cm³/mol. The maximum absolute atomic E-state index is 13.3. The Hall–Kier alpha value is -4.25. The third-order valence-corrected chi connectivity index (χ3v) is 6.74. The smallest absolute Gasteiger partial charge is 0.278 e. The van der Waals surface area contributed by atoms with Gasteiger partial charge in [0.1, 0.15) is 11.7 Å². The summed E-state index contributed by atoms with van der Waals surface area (Å²) in [4.78, 5) is 38.6. The van der Waals surface area contributed by atoms with Crippen molar-refractivity contribution < 1.29 is 4.79 Å². The second-order valence-electron chi connectivity index (χ2n) is 10.0. The SMILES string of the molecule is C=CCn1c(=O)c2cnc(Nc3ccc(N4CCN(C)CC4)cc3)nc2n1C(/C=C(/C)C=O)=N/N(C)C(C)C. The van der Waals surface area contributed by atoms with Crippen molar-refractivity contribution in [3.05, 3.63) is 65.1 Å². The van der Waals surface area contributed by atoms with Gasteiger partial charge >= 0.3 is 0 Å². The molecule has 0 amide bonds. The Morgan fingerprint density at radius 1 is 1.21 bits per heavy atom. The van der Waals surface area contributed by atoms with E-state index < -0.39 is 0 Å². The molecule has 0 bridgehead atoms. The van der Waals surface area contributed by atoms with Gasteiger partial charge in [-0.3, -0.25) is 14.6 Å². The molecule has 11 nitrogen and oxygen atoms in total. The Kier molecular flexibility index (Phi) is 8.60. The first-order valence-electron chi connectivity index (χ1n) is 13.1. The Bertz CT molecular complexity index is 1440. The van der Waals surface area contributed by atoms with E-state index in [-0.39, 0.29) is 18.1 Å². The Morgan fingerprint density at radius 3 is 2.51 bits per heavy atom. The van der Waals surface area contributed by atoms with Crippen molar-refractivity contribution in [2.24, 2.45) is 5.10 Å². The number of hydrogen-bond donors (Lipinski definition) is 1. The first kappa shape index (κ1) is 27.8. The van der Waals surface area contributed by atoms with Crippen LogP contribution in [0.2, 0.25) is 0 Å². The number of benzene rings is 1. The van der Waals surface area contributed by atoms with Gasteiger partial charge in [0.2, 0.25) is 5.95 Å². The molecule has 3 aromatic rings. The van der Waals surface area contributed by atoms with Crippen LogP contribution in [-0.2, 0) is 11.3 Å². The van der Waals surface area contributed by atoms with E-state index in [4.69, 9.17) is 10.1 Å². The lowest BCUT2D eigenvalue weighted by Gasteiger charge is -2.34. The lowest BCUT2D eigenvalue weighted by molar-refractivity contribution is -0.104. The average molecular weight is 532 g/mol. The van der Waals surface area contributed by atoms with E-state index >= 15 is 0 Å². The van der Waals surface area contributed by atoms with E-state index in [1.807, 2.05) is 33.0 Å². The van der Waals surface area contributed by atoms with E-state index in [0.717, 1.165) is 38.2 Å². The highest BCUT2D eigenvalue weighted by Crippen LogP contribution is 2.22. The summed E-state index contributed by atoms with van der Waals surface area (Å²) in [6, 6.07) is 8.26. The van der Waals surface area contributed by atoms with Crippen molar-refractivity contribution in [1.82, 2.24) is 29.2 Å². The summed E-state index contributed by atoms with van der Waals surface area (Å²) in [6.45, 7) is 13.8. The molecule has 206 valence electrons. The van der Waals surface area contributed by atoms with Crippen molar-refractivity contribution in [3.63, 3.8) is 0 Å². The highest BCUT2D eigenvalue weighted by Gasteiger charge is 2.20. The van der Waals surface area contributed by atoms with Crippen LogP contribution >= 0.6 is 0 Å². The monoisotopic (exact) mass is 531 g/mol. The summed E-state index contributed by atoms with van der Waals surface area (Å²) in [5, 5.41) is 10.1. The van der Waals surface area contributed by atoms with Crippen LogP contribution < -0.4 is 15.8 Å². The lowest BCUT2D eigenvalue weighted by atomic mass is 10.2. The zero-order valence-corrected chi connectivity index (χ0v) is 23.3. The van der Waals surface area contributed by atoms with Crippen LogP contribution in [0.25, 0.3) is 11.0 Å². The van der Waals surface area contributed by atoms with Gasteiger partial charge in [-0.15, -0.1) is 6.58 Å². The number of fused-ring (bicyclic) bond motifs is 1. The molecule has 0 atom stereocenters. The number of anilines is 3. The van der Waals surface area contributed by atoms with Crippen molar-refractivity contribution in [1.29, 1.82) is 0 Å². The zero-order chi connectivity index (χ0) is 28.1. The molecule has 1 saturated heterocycles. The normalized spacial score (nSPS) is 15.2. The number of likely N-dealkylation sites (N-methyl/N-ethyl adjacent to an activating group) is 1. The largest absolute Gasteiger partial charge is 0.369 e. The molecule has 1 N–H and O–H groups in total. The molecule has 1 aliphatic heterocycles. The first-order chi connectivity index (χ1) is 18.7. The average Bonchev–Trinajstić information content (AvgIpc) is 3.19. The molecule has 1 aliphatic rings. The summed E-state index contributed by atoms with van der Waals surface area (Å²) in [6.07, 6.45) is 5.53. The molecule has 0 unspecified atom stereocenters. The fourth-order valence-corrected chi connectivity index (χ4v) is 4.21. The predicted octanol–water partition coefficient (Wildman–Crippen LogP) is 2.92. The topological polar surface area (TPSA) is 104 Å². The first-order valence-corrected chi connectivity index (χ1v) is 13.1. The summed E-state index contributed by atoms with van der Waals surface area (Å²) >= 11 is 0. The molecule has 11 heteroatoms. The second kappa shape index (κ2) is 12.1. The van der Waals surface area contributed by atoms with Crippen LogP contribution in [0.5, 0.6) is 0 Å². The lowest BCUT2D eigenvalue weighted by Crippen LogP contribution is -2.44. The number of hydrogen-bond acceptors (Lipinski definition) is 9. The van der Waals surface area contributed by atoms with E-state index in [1.165, 1.54) is 16.6 Å². The molecule has 3 heterocycles. The second-order valence-corrected chi connectivity index (χ2v) is 10.0. The van der Waals surface area contributed by atoms with Gasteiger partial charge in [-0.05, 0) is 63.7 Å². The minimum Gasteiger partial charge on any atom is -0.369 e. The van der Waals surface area contributed by atoms with Crippen LogP contribution in [-0.4, -0.2) is 87.7 Å². The van der Waals surface area contributed by atoms with Gasteiger partial charge in [0.25, 0.3) is 5.56 Å². The number of carbonyl (C=O) groups excluding carboxylic acids is 1. The van der Waals surface area contributed by atoms with Crippen LogP contribution in [0, 0.1) is 0 Å². The summed E-state index contributed by atoms with van der Waals surface area (Å²) in [5.74, 6) is 0.720. The van der Waals surface area contributed by atoms with Crippen molar-refractivity contribution >= 4 is 40.5 Å². The van der Waals surface area contributed by atoms with Gasteiger partial charge in [0.05, 0.1) is 6.54 Å². The van der Waals surface area contributed by atoms with Gasteiger partial charge in [-0.25, -0.2) is 14.3 Å². The maximum Gasteiger partial charge on any atom is 0.278 e. The van der Waals surface area contributed by atoms with Gasteiger partial charge in [-0.2, -0.15) is 10.1 Å². The third kappa shape index (κ3) is 6.26. The molecule has 0 aliphatic carbocycles. The molecule has 4 rings (SSSR count). The number of nitrogens with zero attached hydrogens (tertiary/aromatic N) is 8. The van der Waals surface area contributed by atoms with Gasteiger partial charge < -0.3 is 15.1 Å². The Morgan fingerprint density at radius 2 is 1.90 bits per heavy atom. The van der Waals surface area contributed by atoms with Crippen molar-refractivity contribution in [3.8, 4) is 0 Å².